The van der Waals surface area contributed by atoms with Crippen molar-refractivity contribution in [2.75, 3.05) is 26.1 Å². The normalized spacial score (nSPS) is 18.5. The van der Waals surface area contributed by atoms with Gasteiger partial charge in [0.25, 0.3) is 5.91 Å². The Morgan fingerprint density at radius 2 is 1.79 bits per heavy atom. The van der Waals surface area contributed by atoms with Crippen LogP contribution in [0.3, 0.4) is 0 Å². The number of nitrogens with zero attached hydrogens (tertiary/aromatic N) is 1. The largest absolute Gasteiger partial charge is 0.493 e. The average Bonchev–Trinajstić information content (AvgIpc) is 2.85. The Morgan fingerprint density at radius 1 is 1.06 bits per heavy atom. The summed E-state index contributed by atoms with van der Waals surface area (Å²) in [5.41, 5.74) is 3.35. The maximum Gasteiger partial charge on any atom is 0.254 e. The summed E-state index contributed by atoms with van der Waals surface area (Å²) in [6.45, 7) is 0.465. The summed E-state index contributed by atoms with van der Waals surface area (Å²) in [7, 11) is 3.12. The van der Waals surface area contributed by atoms with Gasteiger partial charge in [-0.15, -0.1) is 0 Å². The van der Waals surface area contributed by atoms with E-state index in [9.17, 15) is 14.0 Å². The molecule has 2 unspecified atom stereocenters. The quantitative estimate of drug-likeness (QED) is 0.572. The minimum absolute atomic E-state index is 0.0847. The number of nitrogens with one attached hydrogen (secondary N) is 1. The average molecular weight is 481 g/mol. The molecule has 2 atom stereocenters. The van der Waals surface area contributed by atoms with Gasteiger partial charge in [-0.2, -0.15) is 0 Å². The molecule has 0 aromatic heterocycles. The number of ether oxygens (including phenoxy) is 2. The molecular weight excluding hydrogens is 459 g/mol. The van der Waals surface area contributed by atoms with Gasteiger partial charge in [0.15, 0.2) is 11.5 Å². The summed E-state index contributed by atoms with van der Waals surface area (Å²) < 4.78 is 24.6. The van der Waals surface area contributed by atoms with E-state index in [1.165, 1.54) is 18.2 Å². The molecule has 8 heteroatoms. The minimum atomic E-state index is -0.699. The maximum absolute atomic E-state index is 13.7. The van der Waals surface area contributed by atoms with Crippen molar-refractivity contribution in [1.29, 1.82) is 0 Å². The number of halogens is 2. The van der Waals surface area contributed by atoms with Gasteiger partial charge in [0.2, 0.25) is 5.91 Å². The molecule has 2 aliphatic rings. The van der Waals surface area contributed by atoms with Crippen molar-refractivity contribution in [2.24, 2.45) is 0 Å². The molecule has 0 saturated carbocycles. The SMILES string of the molecule is COc1cc2c(cc1OC)C1C(C(=O)Nc3ccc(F)c(Cl)c3)c3ccccc3C(=O)N1CC2. The number of anilines is 1. The zero-order valence-electron chi connectivity index (χ0n) is 18.6. The first kappa shape index (κ1) is 22.2. The standard InChI is InChI=1S/C26H22ClFN2O4/c1-33-21-11-14-9-10-30-24(18(14)13-22(21)34-2)23(16-5-3-4-6-17(16)26(30)32)25(31)29-15-7-8-20(28)19(27)12-15/h3-8,11-13,23-24H,9-10H2,1-2H3,(H,29,31). The highest BCUT2D eigenvalue weighted by molar-refractivity contribution is 6.31. The van der Waals surface area contributed by atoms with Crippen molar-refractivity contribution in [1.82, 2.24) is 4.90 Å². The maximum atomic E-state index is 13.7. The minimum Gasteiger partial charge on any atom is -0.493 e. The molecular formula is C26H22ClFN2O4. The van der Waals surface area contributed by atoms with Gasteiger partial charge in [0, 0.05) is 17.8 Å². The number of fused-ring (bicyclic) bond motifs is 4. The van der Waals surface area contributed by atoms with E-state index in [4.69, 9.17) is 21.1 Å². The van der Waals surface area contributed by atoms with Crippen LogP contribution in [0.4, 0.5) is 10.1 Å². The molecule has 0 spiro atoms. The number of carbonyl (C=O) groups excluding carboxylic acids is 2. The van der Waals surface area contributed by atoms with E-state index < -0.39 is 17.8 Å². The molecule has 2 aliphatic heterocycles. The van der Waals surface area contributed by atoms with Crippen LogP contribution >= 0.6 is 11.6 Å². The zero-order chi connectivity index (χ0) is 24.0. The van der Waals surface area contributed by atoms with Crippen LogP contribution in [-0.4, -0.2) is 37.5 Å². The molecule has 6 nitrogen and oxygen atoms in total. The lowest BCUT2D eigenvalue weighted by Gasteiger charge is -2.45. The lowest BCUT2D eigenvalue weighted by molar-refractivity contribution is -0.119. The van der Waals surface area contributed by atoms with Crippen molar-refractivity contribution in [3.63, 3.8) is 0 Å². The Labute approximate surface area is 201 Å². The Balaban J connectivity index is 1.64. The summed E-state index contributed by atoms with van der Waals surface area (Å²) >= 11 is 5.92. The second-order valence-corrected chi connectivity index (χ2v) is 8.69. The fourth-order valence-electron chi connectivity index (χ4n) is 4.93. The van der Waals surface area contributed by atoms with Crippen LogP contribution in [-0.2, 0) is 11.2 Å². The summed E-state index contributed by atoms with van der Waals surface area (Å²) in [5.74, 6) is -0.579. The van der Waals surface area contributed by atoms with Crippen molar-refractivity contribution in [3.05, 3.63) is 87.7 Å². The van der Waals surface area contributed by atoms with E-state index >= 15 is 0 Å². The van der Waals surface area contributed by atoms with Crippen molar-refractivity contribution in [3.8, 4) is 11.5 Å². The van der Waals surface area contributed by atoms with E-state index in [0.29, 0.717) is 41.3 Å². The van der Waals surface area contributed by atoms with Crippen LogP contribution in [0.25, 0.3) is 0 Å². The molecule has 2 amide bonds. The van der Waals surface area contributed by atoms with E-state index in [1.54, 1.807) is 31.3 Å². The summed E-state index contributed by atoms with van der Waals surface area (Å²) in [4.78, 5) is 28.9. The summed E-state index contributed by atoms with van der Waals surface area (Å²) in [6.07, 6.45) is 0.627. The number of rotatable bonds is 4. The van der Waals surface area contributed by atoms with Gasteiger partial charge >= 0.3 is 0 Å². The van der Waals surface area contributed by atoms with Crippen LogP contribution in [0.1, 0.15) is 39.0 Å². The van der Waals surface area contributed by atoms with Gasteiger partial charge in [-0.05, 0) is 59.5 Å². The Bertz CT molecular complexity index is 1310. The van der Waals surface area contributed by atoms with E-state index in [-0.39, 0.29) is 16.8 Å². The number of benzene rings is 3. The Hall–Kier alpha value is -3.58. The van der Waals surface area contributed by atoms with Crippen LogP contribution < -0.4 is 14.8 Å². The first-order valence-corrected chi connectivity index (χ1v) is 11.2. The molecule has 0 fully saturated rings. The molecule has 5 rings (SSSR count). The monoisotopic (exact) mass is 480 g/mol. The van der Waals surface area contributed by atoms with Crippen LogP contribution in [0.2, 0.25) is 5.02 Å². The predicted molar refractivity (Wildman–Crippen MR) is 126 cm³/mol. The highest BCUT2D eigenvalue weighted by atomic mass is 35.5. The highest BCUT2D eigenvalue weighted by Gasteiger charge is 2.46. The van der Waals surface area contributed by atoms with Gasteiger partial charge in [-0.25, -0.2) is 4.39 Å². The van der Waals surface area contributed by atoms with E-state index in [2.05, 4.69) is 5.32 Å². The number of hydrogen-bond acceptors (Lipinski definition) is 4. The van der Waals surface area contributed by atoms with Gasteiger partial charge in [-0.1, -0.05) is 29.8 Å². The summed E-state index contributed by atoms with van der Waals surface area (Å²) in [5, 5.41) is 2.78. The summed E-state index contributed by atoms with van der Waals surface area (Å²) in [6, 6.07) is 14.4. The Morgan fingerprint density at radius 3 is 2.53 bits per heavy atom. The fraction of sp³-hybridized carbons (Fsp3) is 0.231. The number of amides is 2. The molecule has 174 valence electrons. The number of carbonyl (C=O) groups is 2. The molecule has 0 saturated heterocycles. The lowest BCUT2D eigenvalue weighted by atomic mass is 9.75. The molecule has 2 heterocycles. The molecule has 3 aromatic carbocycles. The number of methoxy groups -OCH3 is 2. The second-order valence-electron chi connectivity index (χ2n) is 8.28. The third-order valence-corrected chi connectivity index (χ3v) is 6.78. The van der Waals surface area contributed by atoms with E-state index in [0.717, 1.165) is 11.1 Å². The van der Waals surface area contributed by atoms with Crippen LogP contribution in [0, 0.1) is 5.82 Å². The Kier molecular flexibility index (Phi) is 5.65. The number of hydrogen-bond donors (Lipinski definition) is 1. The first-order chi connectivity index (χ1) is 16.4. The molecule has 0 aliphatic carbocycles. The molecule has 3 aromatic rings. The third kappa shape index (κ3) is 3.56. The molecule has 1 N–H and O–H groups in total. The molecule has 0 radical (unpaired) electrons. The predicted octanol–water partition coefficient (Wildman–Crippen LogP) is 4.97. The molecule has 34 heavy (non-hydrogen) atoms. The van der Waals surface area contributed by atoms with Crippen LogP contribution in [0.15, 0.2) is 54.6 Å². The smallest absolute Gasteiger partial charge is 0.254 e. The van der Waals surface area contributed by atoms with Gasteiger partial charge in [0.1, 0.15) is 5.82 Å². The second kappa shape index (κ2) is 8.65. The van der Waals surface area contributed by atoms with Gasteiger partial charge < -0.3 is 19.7 Å². The van der Waals surface area contributed by atoms with Gasteiger partial charge in [-0.3, -0.25) is 9.59 Å². The first-order valence-electron chi connectivity index (χ1n) is 10.8. The topological polar surface area (TPSA) is 67.9 Å². The molecule has 0 bridgehead atoms. The van der Waals surface area contributed by atoms with Crippen molar-refractivity contribution >= 4 is 29.1 Å². The van der Waals surface area contributed by atoms with Gasteiger partial charge in [0.05, 0.1) is 31.2 Å². The van der Waals surface area contributed by atoms with Crippen LogP contribution in [0.5, 0.6) is 11.5 Å². The lowest BCUT2D eigenvalue weighted by Crippen LogP contribution is -2.49. The zero-order valence-corrected chi connectivity index (χ0v) is 19.4. The fourth-order valence-corrected chi connectivity index (χ4v) is 5.11. The van der Waals surface area contributed by atoms with Crippen molar-refractivity contribution in [2.45, 2.75) is 18.4 Å². The van der Waals surface area contributed by atoms with E-state index in [1.807, 2.05) is 24.3 Å². The third-order valence-electron chi connectivity index (χ3n) is 6.49. The van der Waals surface area contributed by atoms with Crippen molar-refractivity contribution < 1.29 is 23.5 Å². The highest BCUT2D eigenvalue weighted by Crippen LogP contribution is 2.48.